The fraction of sp³-hybridized carbons (Fsp3) is 0.647. The Balaban J connectivity index is 2.44. The summed E-state index contributed by atoms with van der Waals surface area (Å²) >= 11 is 0. The van der Waals surface area contributed by atoms with Crippen LogP contribution in [0.25, 0.3) is 11.6 Å². The van der Waals surface area contributed by atoms with Gasteiger partial charge >= 0.3 is 11.6 Å². The number of aromatic nitrogens is 4. The summed E-state index contributed by atoms with van der Waals surface area (Å²) in [5.41, 5.74) is 0. The molecule has 0 amide bonds. The van der Waals surface area contributed by atoms with Crippen LogP contribution in [0.4, 0.5) is 0 Å². The van der Waals surface area contributed by atoms with Crippen LogP contribution in [0.2, 0.25) is 0 Å². The smallest absolute Gasteiger partial charge is 0.226 e. The predicted octanol–water partition coefficient (Wildman–Crippen LogP) is 2.69. The van der Waals surface area contributed by atoms with Gasteiger partial charge in [0.1, 0.15) is 24.8 Å². The van der Waals surface area contributed by atoms with E-state index >= 15 is 0 Å². The fourth-order valence-electron chi connectivity index (χ4n) is 2.81. The molecule has 0 aliphatic rings. The standard InChI is InChI=1S/C17H30N4/c1-5-8-10-20-13-12-18(4)16(20)17-19(7-3)14-15-21(17)11-9-6-2/h12-15H,5-11H2,1-4H3/q+2. The third-order valence-electron chi connectivity index (χ3n) is 4.09. The van der Waals surface area contributed by atoms with Crippen molar-refractivity contribution in [3.63, 3.8) is 0 Å². The molecule has 2 rings (SSSR count). The Labute approximate surface area is 128 Å². The Kier molecular flexibility index (Phi) is 5.59. The summed E-state index contributed by atoms with van der Waals surface area (Å²) in [6.45, 7) is 9.91. The largest absolute Gasteiger partial charge is 0.373 e. The van der Waals surface area contributed by atoms with Gasteiger partial charge in [0.15, 0.2) is 0 Å². The molecule has 0 N–H and O–H groups in total. The van der Waals surface area contributed by atoms with Crippen molar-refractivity contribution >= 4 is 0 Å². The molecule has 0 aromatic carbocycles. The molecule has 0 saturated carbocycles. The van der Waals surface area contributed by atoms with Crippen LogP contribution >= 0.6 is 0 Å². The molecule has 2 aromatic heterocycles. The number of hydrogen-bond donors (Lipinski definition) is 0. The lowest BCUT2D eigenvalue weighted by atomic mass is 10.3. The molecular weight excluding hydrogens is 260 g/mol. The van der Waals surface area contributed by atoms with Gasteiger partial charge in [0.25, 0.3) is 0 Å². The molecule has 0 fully saturated rings. The van der Waals surface area contributed by atoms with Crippen LogP contribution < -0.4 is 9.13 Å². The minimum atomic E-state index is 1.01. The molecule has 0 saturated heterocycles. The number of unbranched alkanes of at least 4 members (excludes halogenated alkanes) is 2. The van der Waals surface area contributed by atoms with Gasteiger partial charge in [-0.3, -0.25) is 0 Å². The van der Waals surface area contributed by atoms with Crippen molar-refractivity contribution in [1.29, 1.82) is 0 Å². The van der Waals surface area contributed by atoms with E-state index in [9.17, 15) is 0 Å². The van der Waals surface area contributed by atoms with Gasteiger partial charge in [-0.05, 0) is 19.8 Å². The minimum Gasteiger partial charge on any atom is -0.226 e. The van der Waals surface area contributed by atoms with Gasteiger partial charge in [0, 0.05) is 0 Å². The first-order valence-corrected chi connectivity index (χ1v) is 8.36. The average Bonchev–Trinajstić information content (AvgIpc) is 3.05. The van der Waals surface area contributed by atoms with E-state index in [0.717, 1.165) is 19.6 Å². The van der Waals surface area contributed by atoms with E-state index in [4.69, 9.17) is 0 Å². The zero-order chi connectivity index (χ0) is 15.2. The Morgan fingerprint density at radius 2 is 1.62 bits per heavy atom. The second-order valence-electron chi connectivity index (χ2n) is 5.73. The van der Waals surface area contributed by atoms with Gasteiger partial charge in [0.05, 0.1) is 26.7 Å². The Hall–Kier alpha value is -1.58. The quantitative estimate of drug-likeness (QED) is 0.665. The molecule has 0 aliphatic carbocycles. The summed E-state index contributed by atoms with van der Waals surface area (Å²) in [5.74, 6) is 2.64. The molecule has 0 spiro atoms. The molecule has 0 aliphatic heterocycles. The zero-order valence-electron chi connectivity index (χ0n) is 14.0. The highest BCUT2D eigenvalue weighted by Crippen LogP contribution is 2.14. The van der Waals surface area contributed by atoms with Gasteiger partial charge in [-0.25, -0.2) is 18.3 Å². The molecule has 0 unspecified atom stereocenters. The van der Waals surface area contributed by atoms with E-state index in [1.54, 1.807) is 0 Å². The zero-order valence-corrected chi connectivity index (χ0v) is 14.0. The third kappa shape index (κ3) is 3.36. The van der Waals surface area contributed by atoms with Crippen LogP contribution in [0.3, 0.4) is 0 Å². The van der Waals surface area contributed by atoms with Crippen LogP contribution in [-0.4, -0.2) is 9.13 Å². The second kappa shape index (κ2) is 7.43. The summed E-state index contributed by atoms with van der Waals surface area (Å²) in [6, 6.07) is 0. The lowest BCUT2D eigenvalue weighted by Gasteiger charge is -2.04. The molecule has 0 bridgehead atoms. The van der Waals surface area contributed by atoms with Crippen molar-refractivity contribution in [3.8, 4) is 11.6 Å². The number of imidazole rings is 2. The van der Waals surface area contributed by atoms with Gasteiger partial charge in [0.2, 0.25) is 0 Å². The highest BCUT2D eigenvalue weighted by atomic mass is 15.2. The molecule has 2 heterocycles. The first-order valence-electron chi connectivity index (χ1n) is 8.36. The normalized spacial score (nSPS) is 11.2. The van der Waals surface area contributed by atoms with E-state index in [0.29, 0.717) is 0 Å². The molecular formula is C17H30N4+2. The van der Waals surface area contributed by atoms with Gasteiger partial charge in [-0.15, -0.1) is 0 Å². The maximum Gasteiger partial charge on any atom is 0.373 e. The number of aryl methyl sites for hydroxylation is 4. The third-order valence-corrected chi connectivity index (χ3v) is 4.09. The van der Waals surface area contributed by atoms with Crippen molar-refractivity contribution in [1.82, 2.24) is 9.13 Å². The SMILES string of the molecule is CCCCn1cc[n+](C)c1-c1n(CC)cc[n+]1CCCC. The fourth-order valence-corrected chi connectivity index (χ4v) is 2.81. The second-order valence-corrected chi connectivity index (χ2v) is 5.73. The maximum atomic E-state index is 2.41. The lowest BCUT2D eigenvalue weighted by molar-refractivity contribution is -0.705. The summed E-state index contributed by atoms with van der Waals surface area (Å²) in [7, 11) is 2.15. The maximum absolute atomic E-state index is 2.41. The molecule has 4 heteroatoms. The highest BCUT2D eigenvalue weighted by Gasteiger charge is 2.30. The van der Waals surface area contributed by atoms with Gasteiger partial charge in [-0.2, -0.15) is 0 Å². The van der Waals surface area contributed by atoms with E-state index < -0.39 is 0 Å². The first-order chi connectivity index (χ1) is 10.2. The van der Waals surface area contributed by atoms with E-state index in [2.05, 4.69) is 70.9 Å². The number of hydrogen-bond acceptors (Lipinski definition) is 0. The van der Waals surface area contributed by atoms with Crippen molar-refractivity contribution in [2.45, 2.75) is 66.1 Å². The molecule has 2 aromatic rings. The van der Waals surface area contributed by atoms with Crippen LogP contribution in [-0.2, 0) is 26.7 Å². The Morgan fingerprint density at radius 3 is 2.29 bits per heavy atom. The van der Waals surface area contributed by atoms with Gasteiger partial charge in [-0.1, -0.05) is 26.7 Å². The summed E-state index contributed by atoms with van der Waals surface area (Å²) in [5, 5.41) is 0. The average molecular weight is 290 g/mol. The topological polar surface area (TPSA) is 17.6 Å². The van der Waals surface area contributed by atoms with E-state index in [1.165, 1.54) is 37.3 Å². The monoisotopic (exact) mass is 290 g/mol. The highest BCUT2D eigenvalue weighted by molar-refractivity contribution is 5.36. The van der Waals surface area contributed by atoms with E-state index in [1.807, 2.05) is 0 Å². The summed E-state index contributed by atoms with van der Waals surface area (Å²) in [4.78, 5) is 0. The van der Waals surface area contributed by atoms with Crippen LogP contribution in [0, 0.1) is 0 Å². The van der Waals surface area contributed by atoms with Crippen molar-refractivity contribution in [3.05, 3.63) is 24.8 Å². The summed E-state index contributed by atoms with van der Waals surface area (Å²) < 4.78 is 9.41. The van der Waals surface area contributed by atoms with Crippen molar-refractivity contribution in [2.75, 3.05) is 0 Å². The van der Waals surface area contributed by atoms with E-state index in [-0.39, 0.29) is 0 Å². The van der Waals surface area contributed by atoms with Gasteiger partial charge < -0.3 is 0 Å². The Bertz CT molecular complexity index is 565. The molecule has 4 nitrogen and oxygen atoms in total. The lowest BCUT2D eigenvalue weighted by Crippen LogP contribution is -2.41. The van der Waals surface area contributed by atoms with Crippen LogP contribution in [0.5, 0.6) is 0 Å². The van der Waals surface area contributed by atoms with Crippen molar-refractivity contribution < 1.29 is 9.13 Å². The molecule has 0 atom stereocenters. The Morgan fingerprint density at radius 1 is 0.905 bits per heavy atom. The summed E-state index contributed by atoms with van der Waals surface area (Å²) in [6.07, 6.45) is 13.7. The number of rotatable bonds is 8. The van der Waals surface area contributed by atoms with Crippen molar-refractivity contribution in [2.24, 2.45) is 7.05 Å². The van der Waals surface area contributed by atoms with Crippen LogP contribution in [0.15, 0.2) is 24.8 Å². The minimum absolute atomic E-state index is 1.01. The molecule has 0 radical (unpaired) electrons. The van der Waals surface area contributed by atoms with Crippen LogP contribution in [0.1, 0.15) is 46.5 Å². The number of nitrogens with zero attached hydrogens (tertiary/aromatic N) is 4. The molecule has 21 heavy (non-hydrogen) atoms. The molecule has 116 valence electrons. The first kappa shape index (κ1) is 15.8. The predicted molar refractivity (Wildman–Crippen MR) is 84.7 cm³/mol.